The number of carbonyl (C=O) groups is 1. The molecule has 0 saturated carbocycles. The fraction of sp³-hybridized carbons (Fsp3) is 0.500. The number of piperidine rings is 1. The maximum atomic E-state index is 12.1. The second-order valence-corrected chi connectivity index (χ2v) is 5.94. The molecule has 98 valence electrons. The number of aryl methyl sites for hydroxylation is 1. The van der Waals surface area contributed by atoms with Gasteiger partial charge in [-0.25, -0.2) is 0 Å². The Hall–Kier alpha value is -0.870. The zero-order chi connectivity index (χ0) is 13.1. The molecule has 1 aliphatic rings. The van der Waals surface area contributed by atoms with E-state index >= 15 is 0 Å². The molecule has 0 aliphatic carbocycles. The molecule has 0 aromatic heterocycles. The van der Waals surface area contributed by atoms with Gasteiger partial charge in [-0.1, -0.05) is 22.9 Å². The lowest BCUT2D eigenvalue weighted by molar-refractivity contribution is -0.119. The van der Waals surface area contributed by atoms with Crippen molar-refractivity contribution in [3.8, 4) is 0 Å². The van der Waals surface area contributed by atoms with Crippen molar-refractivity contribution in [1.82, 2.24) is 5.32 Å². The van der Waals surface area contributed by atoms with Gasteiger partial charge < -0.3 is 10.6 Å². The van der Waals surface area contributed by atoms with Crippen LogP contribution in [0.5, 0.6) is 0 Å². The maximum absolute atomic E-state index is 12.1. The van der Waals surface area contributed by atoms with Gasteiger partial charge in [-0.15, -0.1) is 0 Å². The molecule has 0 radical (unpaired) electrons. The van der Waals surface area contributed by atoms with Crippen molar-refractivity contribution < 1.29 is 4.79 Å². The van der Waals surface area contributed by atoms with Gasteiger partial charge in [0, 0.05) is 10.2 Å². The van der Waals surface area contributed by atoms with Gasteiger partial charge in [0.2, 0.25) is 5.91 Å². The molecule has 0 spiro atoms. The van der Waals surface area contributed by atoms with Gasteiger partial charge in [-0.2, -0.15) is 0 Å². The molecule has 2 unspecified atom stereocenters. The summed E-state index contributed by atoms with van der Waals surface area (Å²) in [5.74, 6) is 0.692. The first-order valence-electron chi connectivity index (χ1n) is 6.36. The molecule has 2 atom stereocenters. The van der Waals surface area contributed by atoms with E-state index in [9.17, 15) is 4.79 Å². The van der Waals surface area contributed by atoms with Gasteiger partial charge in [0.05, 0.1) is 6.04 Å². The predicted molar refractivity (Wildman–Crippen MR) is 77.7 cm³/mol. The van der Waals surface area contributed by atoms with Gasteiger partial charge in [-0.05, 0) is 56.0 Å². The molecular weight excluding hydrogens is 292 g/mol. The minimum Gasteiger partial charge on any atom is -0.325 e. The Bertz CT molecular complexity index is 447. The molecule has 2 N–H and O–H groups in total. The summed E-state index contributed by atoms with van der Waals surface area (Å²) in [4.78, 5) is 12.1. The first kappa shape index (κ1) is 13.6. The predicted octanol–water partition coefficient (Wildman–Crippen LogP) is 3.08. The Kier molecular flexibility index (Phi) is 4.40. The Morgan fingerprint density at radius 2 is 2.28 bits per heavy atom. The van der Waals surface area contributed by atoms with E-state index in [1.165, 1.54) is 0 Å². The number of anilines is 1. The zero-order valence-corrected chi connectivity index (χ0v) is 12.4. The Labute approximate surface area is 116 Å². The second kappa shape index (κ2) is 5.85. The third kappa shape index (κ3) is 3.33. The fourth-order valence-electron chi connectivity index (χ4n) is 2.26. The van der Waals surface area contributed by atoms with Crippen LogP contribution in [-0.4, -0.2) is 18.5 Å². The van der Waals surface area contributed by atoms with E-state index in [1.54, 1.807) is 0 Å². The van der Waals surface area contributed by atoms with E-state index in [0.29, 0.717) is 5.92 Å². The summed E-state index contributed by atoms with van der Waals surface area (Å²) in [6, 6.07) is 5.80. The lowest BCUT2D eigenvalue weighted by Gasteiger charge is -2.27. The van der Waals surface area contributed by atoms with Crippen molar-refractivity contribution in [2.75, 3.05) is 11.9 Å². The van der Waals surface area contributed by atoms with Crippen LogP contribution in [0.1, 0.15) is 25.3 Å². The SMILES string of the molecule is Cc1cc(NC(=O)C2CC(C)CCN2)ccc1Br. The minimum absolute atomic E-state index is 0.0577. The zero-order valence-electron chi connectivity index (χ0n) is 10.8. The van der Waals surface area contributed by atoms with E-state index in [4.69, 9.17) is 0 Å². The minimum atomic E-state index is -0.0577. The standard InChI is InChI=1S/C14H19BrN2O/c1-9-5-6-16-13(7-9)14(18)17-11-3-4-12(15)10(2)8-11/h3-4,8-9,13,16H,5-7H2,1-2H3,(H,17,18). The molecule has 1 fully saturated rings. The lowest BCUT2D eigenvalue weighted by Crippen LogP contribution is -2.45. The molecule has 1 saturated heterocycles. The van der Waals surface area contributed by atoms with E-state index in [-0.39, 0.29) is 11.9 Å². The number of hydrogen-bond acceptors (Lipinski definition) is 2. The monoisotopic (exact) mass is 310 g/mol. The average molecular weight is 311 g/mol. The highest BCUT2D eigenvalue weighted by Gasteiger charge is 2.24. The van der Waals surface area contributed by atoms with Crippen molar-refractivity contribution in [3.05, 3.63) is 28.2 Å². The first-order chi connectivity index (χ1) is 8.56. The number of halogens is 1. The van der Waals surface area contributed by atoms with Gasteiger partial charge in [0.1, 0.15) is 0 Å². The summed E-state index contributed by atoms with van der Waals surface area (Å²) in [6.07, 6.45) is 2.07. The molecule has 0 bridgehead atoms. The van der Waals surface area contributed by atoms with Crippen LogP contribution in [0.2, 0.25) is 0 Å². The second-order valence-electron chi connectivity index (χ2n) is 5.09. The average Bonchev–Trinajstić information content (AvgIpc) is 2.34. The molecule has 1 amide bonds. The van der Waals surface area contributed by atoms with E-state index < -0.39 is 0 Å². The smallest absolute Gasteiger partial charge is 0.241 e. The van der Waals surface area contributed by atoms with Gasteiger partial charge in [0.25, 0.3) is 0 Å². The summed E-state index contributed by atoms with van der Waals surface area (Å²) in [7, 11) is 0. The molecule has 3 nitrogen and oxygen atoms in total. The van der Waals surface area contributed by atoms with Crippen molar-refractivity contribution in [2.45, 2.75) is 32.7 Å². The largest absolute Gasteiger partial charge is 0.325 e. The topological polar surface area (TPSA) is 41.1 Å². The normalized spacial score (nSPS) is 23.7. The highest BCUT2D eigenvalue weighted by Crippen LogP contribution is 2.21. The molecular formula is C14H19BrN2O. The summed E-state index contributed by atoms with van der Waals surface area (Å²) in [5, 5.41) is 6.25. The van der Waals surface area contributed by atoms with Crippen LogP contribution in [0, 0.1) is 12.8 Å². The molecule has 1 heterocycles. The van der Waals surface area contributed by atoms with Gasteiger partial charge >= 0.3 is 0 Å². The molecule has 1 aromatic carbocycles. The fourth-order valence-corrected chi connectivity index (χ4v) is 2.51. The highest BCUT2D eigenvalue weighted by molar-refractivity contribution is 9.10. The summed E-state index contributed by atoms with van der Waals surface area (Å²) in [6.45, 7) is 5.14. The van der Waals surface area contributed by atoms with Crippen LogP contribution < -0.4 is 10.6 Å². The quantitative estimate of drug-likeness (QED) is 0.881. The number of hydrogen-bond donors (Lipinski definition) is 2. The molecule has 4 heteroatoms. The van der Waals surface area contributed by atoms with Crippen LogP contribution in [0.25, 0.3) is 0 Å². The van der Waals surface area contributed by atoms with E-state index in [2.05, 4.69) is 33.5 Å². The van der Waals surface area contributed by atoms with Crippen molar-refractivity contribution in [3.63, 3.8) is 0 Å². The van der Waals surface area contributed by atoms with Crippen molar-refractivity contribution in [2.24, 2.45) is 5.92 Å². The van der Waals surface area contributed by atoms with Crippen LogP contribution in [0.4, 0.5) is 5.69 Å². The lowest BCUT2D eigenvalue weighted by atomic mass is 9.94. The molecule has 1 aliphatic heterocycles. The number of carbonyl (C=O) groups excluding carboxylic acids is 1. The van der Waals surface area contributed by atoms with Crippen molar-refractivity contribution >= 4 is 27.5 Å². The Balaban J connectivity index is 2.00. The number of nitrogens with one attached hydrogen (secondary N) is 2. The molecule has 1 aromatic rings. The number of benzene rings is 1. The Morgan fingerprint density at radius 3 is 2.94 bits per heavy atom. The maximum Gasteiger partial charge on any atom is 0.241 e. The summed E-state index contributed by atoms with van der Waals surface area (Å²) < 4.78 is 1.06. The van der Waals surface area contributed by atoms with Crippen LogP contribution in [0.15, 0.2) is 22.7 Å². The first-order valence-corrected chi connectivity index (χ1v) is 7.16. The Morgan fingerprint density at radius 1 is 1.50 bits per heavy atom. The number of rotatable bonds is 2. The van der Waals surface area contributed by atoms with Crippen LogP contribution in [0.3, 0.4) is 0 Å². The van der Waals surface area contributed by atoms with Gasteiger partial charge in [-0.3, -0.25) is 4.79 Å². The van der Waals surface area contributed by atoms with Crippen LogP contribution in [-0.2, 0) is 4.79 Å². The van der Waals surface area contributed by atoms with Crippen molar-refractivity contribution in [1.29, 1.82) is 0 Å². The molecule has 2 rings (SSSR count). The summed E-state index contributed by atoms with van der Waals surface area (Å²) >= 11 is 3.45. The summed E-state index contributed by atoms with van der Waals surface area (Å²) in [5.41, 5.74) is 1.98. The van der Waals surface area contributed by atoms with Gasteiger partial charge in [0.15, 0.2) is 0 Å². The highest BCUT2D eigenvalue weighted by atomic mass is 79.9. The van der Waals surface area contributed by atoms with E-state index in [0.717, 1.165) is 35.1 Å². The molecule has 18 heavy (non-hydrogen) atoms. The third-order valence-corrected chi connectivity index (χ3v) is 4.30. The van der Waals surface area contributed by atoms with Crippen LogP contribution >= 0.6 is 15.9 Å². The number of amides is 1. The van der Waals surface area contributed by atoms with E-state index in [1.807, 2.05) is 25.1 Å². The third-order valence-electron chi connectivity index (χ3n) is 3.41.